The Morgan fingerprint density at radius 3 is 2.56 bits per heavy atom. The molecule has 2 aromatic rings. The van der Waals surface area contributed by atoms with Gasteiger partial charge in [0.25, 0.3) is 5.69 Å². The number of para-hydroxylation sites is 1. The number of aliphatic hydroxyl groups excluding tert-OH is 1. The van der Waals surface area contributed by atoms with Crippen molar-refractivity contribution < 1.29 is 34.3 Å². The zero-order valence-electron chi connectivity index (χ0n) is 16.8. The summed E-state index contributed by atoms with van der Waals surface area (Å²) in [6.07, 6.45) is 0. The fraction of sp³-hybridized carbons (Fsp3) is 0.286. The number of nitrogens with one attached hydrogen (secondary N) is 1. The molecule has 166 valence electrons. The fourth-order valence-electron chi connectivity index (χ4n) is 4.60. The number of nitro groups is 1. The molecule has 2 aromatic carbocycles. The highest BCUT2D eigenvalue weighted by atomic mass is 16.6. The summed E-state index contributed by atoms with van der Waals surface area (Å²) in [5.74, 6) is -5.32. The number of nitro benzene ring substituents is 1. The number of carbonyl (C=O) groups is 3. The second kappa shape index (κ2) is 7.70. The molecule has 0 radical (unpaired) electrons. The van der Waals surface area contributed by atoms with Gasteiger partial charge in [-0.1, -0.05) is 24.3 Å². The number of anilines is 1. The Hall–Kier alpha value is -3.83. The normalized spacial score (nSPS) is 26.8. The number of aliphatic hydroxyl groups is 1. The minimum atomic E-state index is -2.13. The van der Waals surface area contributed by atoms with Crippen LogP contribution in [0.15, 0.2) is 48.5 Å². The van der Waals surface area contributed by atoms with Crippen molar-refractivity contribution in [2.24, 2.45) is 11.8 Å². The van der Waals surface area contributed by atoms with Crippen molar-refractivity contribution in [2.45, 2.75) is 11.6 Å². The molecule has 2 fully saturated rings. The molecule has 0 spiro atoms. The van der Waals surface area contributed by atoms with Crippen LogP contribution in [0.3, 0.4) is 0 Å². The van der Waals surface area contributed by atoms with Crippen molar-refractivity contribution in [3.05, 3.63) is 64.2 Å². The zero-order chi connectivity index (χ0) is 23.2. The lowest BCUT2D eigenvalue weighted by atomic mass is 9.79. The standard InChI is InChI=1S/C21H19N3O8/c1-32-14-8-3-2-7-13(14)17-15-16(21(10-25,22-17)20(28)29)19(27)23(18(15)26)11-5-4-6-12(9-11)24(30)31/h2-9,15-17,22,25H,10H2,1H3,(H,28,29). The number of aliphatic carboxylic acids is 1. The molecule has 0 aromatic heterocycles. The number of hydrogen-bond donors (Lipinski definition) is 3. The topological polar surface area (TPSA) is 159 Å². The number of non-ortho nitro benzene ring substituents is 1. The summed E-state index contributed by atoms with van der Waals surface area (Å²) in [6, 6.07) is 10.6. The Kier molecular flexibility index (Phi) is 5.15. The van der Waals surface area contributed by atoms with E-state index in [1.807, 2.05) is 0 Å². The summed E-state index contributed by atoms with van der Waals surface area (Å²) in [4.78, 5) is 50.3. The van der Waals surface area contributed by atoms with Crippen LogP contribution in [0.1, 0.15) is 11.6 Å². The molecule has 0 aliphatic carbocycles. The monoisotopic (exact) mass is 441 g/mol. The molecule has 0 saturated carbocycles. The average Bonchev–Trinajstić information content (AvgIpc) is 3.28. The molecule has 2 saturated heterocycles. The van der Waals surface area contributed by atoms with Crippen LogP contribution in [-0.4, -0.2) is 52.2 Å². The Morgan fingerprint density at radius 1 is 1.22 bits per heavy atom. The summed E-state index contributed by atoms with van der Waals surface area (Å²) >= 11 is 0. The number of amides is 2. The van der Waals surface area contributed by atoms with E-state index in [9.17, 15) is 34.7 Å². The maximum Gasteiger partial charge on any atom is 0.327 e. The van der Waals surface area contributed by atoms with Crippen molar-refractivity contribution >= 4 is 29.2 Å². The molecule has 32 heavy (non-hydrogen) atoms. The van der Waals surface area contributed by atoms with E-state index in [0.717, 1.165) is 11.0 Å². The first-order valence-electron chi connectivity index (χ1n) is 9.64. The van der Waals surface area contributed by atoms with E-state index in [4.69, 9.17) is 4.74 Å². The van der Waals surface area contributed by atoms with Gasteiger partial charge in [-0.3, -0.25) is 29.8 Å². The van der Waals surface area contributed by atoms with Gasteiger partial charge in [0.15, 0.2) is 5.54 Å². The number of imide groups is 1. The first-order valence-corrected chi connectivity index (χ1v) is 9.64. The van der Waals surface area contributed by atoms with Crippen molar-refractivity contribution in [2.75, 3.05) is 18.6 Å². The number of fused-ring (bicyclic) bond motifs is 1. The molecule has 4 unspecified atom stereocenters. The average molecular weight is 441 g/mol. The molecular formula is C21H19N3O8. The Balaban J connectivity index is 1.87. The summed E-state index contributed by atoms with van der Waals surface area (Å²) in [7, 11) is 1.42. The fourth-order valence-corrected chi connectivity index (χ4v) is 4.60. The van der Waals surface area contributed by atoms with Gasteiger partial charge >= 0.3 is 5.97 Å². The molecule has 11 heteroatoms. The second-order valence-corrected chi connectivity index (χ2v) is 7.59. The van der Waals surface area contributed by atoms with E-state index < -0.39 is 52.7 Å². The third-order valence-corrected chi connectivity index (χ3v) is 6.06. The lowest BCUT2D eigenvalue weighted by Gasteiger charge is -2.29. The van der Waals surface area contributed by atoms with Crippen LogP contribution in [-0.2, 0) is 14.4 Å². The Labute approximate surface area is 181 Å². The zero-order valence-corrected chi connectivity index (χ0v) is 16.8. The van der Waals surface area contributed by atoms with Crippen LogP contribution in [0.5, 0.6) is 5.75 Å². The summed E-state index contributed by atoms with van der Waals surface area (Å²) in [5.41, 5.74) is -2.05. The van der Waals surface area contributed by atoms with Crippen molar-refractivity contribution in [3.63, 3.8) is 0 Å². The number of hydrogen-bond acceptors (Lipinski definition) is 8. The molecule has 2 amide bonds. The van der Waals surface area contributed by atoms with E-state index in [1.165, 1.54) is 25.3 Å². The molecule has 4 atom stereocenters. The first-order chi connectivity index (χ1) is 15.3. The predicted molar refractivity (Wildman–Crippen MR) is 109 cm³/mol. The van der Waals surface area contributed by atoms with Gasteiger partial charge in [0.2, 0.25) is 11.8 Å². The van der Waals surface area contributed by atoms with Crippen LogP contribution in [0.2, 0.25) is 0 Å². The van der Waals surface area contributed by atoms with Crippen molar-refractivity contribution in [1.82, 2.24) is 5.32 Å². The number of ether oxygens (including phenoxy) is 1. The largest absolute Gasteiger partial charge is 0.496 e. The summed E-state index contributed by atoms with van der Waals surface area (Å²) < 4.78 is 5.35. The van der Waals surface area contributed by atoms with Gasteiger partial charge in [-0.25, -0.2) is 4.90 Å². The summed E-state index contributed by atoms with van der Waals surface area (Å²) in [5, 5.41) is 34.0. The van der Waals surface area contributed by atoms with Gasteiger partial charge in [-0.2, -0.15) is 0 Å². The molecule has 0 bridgehead atoms. The van der Waals surface area contributed by atoms with Gasteiger partial charge in [0.1, 0.15) is 5.75 Å². The van der Waals surface area contributed by atoms with Gasteiger partial charge < -0.3 is 14.9 Å². The van der Waals surface area contributed by atoms with Gasteiger partial charge in [-0.15, -0.1) is 0 Å². The third kappa shape index (κ3) is 2.93. The number of benzene rings is 2. The molecule has 3 N–H and O–H groups in total. The Bertz CT molecular complexity index is 1140. The lowest BCUT2D eigenvalue weighted by Crippen LogP contribution is -2.58. The highest BCUT2D eigenvalue weighted by Gasteiger charge is 2.69. The molecule has 4 rings (SSSR count). The molecule has 2 heterocycles. The first kappa shape index (κ1) is 21.4. The van der Waals surface area contributed by atoms with Gasteiger partial charge in [-0.05, 0) is 12.1 Å². The van der Waals surface area contributed by atoms with E-state index >= 15 is 0 Å². The maximum atomic E-state index is 13.5. The second-order valence-electron chi connectivity index (χ2n) is 7.59. The minimum absolute atomic E-state index is 0.0420. The molecule has 2 aliphatic rings. The van der Waals surface area contributed by atoms with Crippen LogP contribution in [0.4, 0.5) is 11.4 Å². The van der Waals surface area contributed by atoms with Crippen molar-refractivity contribution in [1.29, 1.82) is 0 Å². The number of methoxy groups -OCH3 is 1. The van der Waals surface area contributed by atoms with E-state index in [1.54, 1.807) is 24.3 Å². The van der Waals surface area contributed by atoms with E-state index in [0.29, 0.717) is 11.3 Å². The molecule has 2 aliphatic heterocycles. The van der Waals surface area contributed by atoms with E-state index in [2.05, 4.69) is 5.32 Å². The van der Waals surface area contributed by atoms with Gasteiger partial charge in [0.05, 0.1) is 36.2 Å². The summed E-state index contributed by atoms with van der Waals surface area (Å²) in [6.45, 7) is -0.947. The van der Waals surface area contributed by atoms with Crippen LogP contribution in [0.25, 0.3) is 0 Å². The lowest BCUT2D eigenvalue weighted by molar-refractivity contribution is -0.384. The molecule has 11 nitrogen and oxygen atoms in total. The van der Waals surface area contributed by atoms with Crippen LogP contribution < -0.4 is 15.0 Å². The van der Waals surface area contributed by atoms with E-state index in [-0.39, 0.29) is 11.4 Å². The maximum absolute atomic E-state index is 13.5. The minimum Gasteiger partial charge on any atom is -0.496 e. The molecular weight excluding hydrogens is 422 g/mol. The Morgan fingerprint density at radius 2 is 1.94 bits per heavy atom. The number of carboxylic acids is 1. The number of carbonyl (C=O) groups excluding carboxylic acids is 2. The smallest absolute Gasteiger partial charge is 0.327 e. The van der Waals surface area contributed by atoms with Crippen molar-refractivity contribution in [3.8, 4) is 5.75 Å². The number of carboxylic acid groups (broad SMARTS) is 1. The SMILES string of the molecule is COc1ccccc1C1NC(CO)(C(=O)O)C2C(=O)N(c3cccc([N+](=O)[O-])c3)C(=O)C12. The van der Waals surface area contributed by atoms with Crippen LogP contribution in [0, 0.1) is 22.0 Å². The highest BCUT2D eigenvalue weighted by Crippen LogP contribution is 2.51. The quantitative estimate of drug-likeness (QED) is 0.336. The highest BCUT2D eigenvalue weighted by molar-refractivity contribution is 6.24. The number of rotatable bonds is 6. The third-order valence-electron chi connectivity index (χ3n) is 6.06. The van der Waals surface area contributed by atoms with Gasteiger partial charge in [0, 0.05) is 23.7 Å². The van der Waals surface area contributed by atoms with Crippen LogP contribution >= 0.6 is 0 Å². The predicted octanol–water partition coefficient (Wildman–Crippen LogP) is 0.869. The number of nitrogens with zero attached hydrogens (tertiary/aromatic N) is 2.